The number of aromatic nitrogens is 1. The molecule has 0 aliphatic rings. The summed E-state index contributed by atoms with van der Waals surface area (Å²) >= 11 is 1.42. The number of hydrogen-bond acceptors (Lipinski definition) is 5. The van der Waals surface area contributed by atoms with Crippen LogP contribution in [0.3, 0.4) is 0 Å². The molecule has 3 aromatic rings. The Balaban J connectivity index is 1.87. The molecule has 0 spiro atoms. The molecule has 0 aliphatic carbocycles. The van der Waals surface area contributed by atoms with Crippen LogP contribution in [0.4, 0.5) is 0 Å². The first-order chi connectivity index (χ1) is 13.2. The van der Waals surface area contributed by atoms with Crippen LogP contribution in [0.1, 0.15) is 13.3 Å². The van der Waals surface area contributed by atoms with Gasteiger partial charge >= 0.3 is 0 Å². The Morgan fingerprint density at radius 2 is 1.78 bits per heavy atom. The highest BCUT2D eigenvalue weighted by Crippen LogP contribution is 2.35. The zero-order valence-corrected chi connectivity index (χ0v) is 16.4. The lowest BCUT2D eigenvalue weighted by molar-refractivity contribution is -0.118. The van der Waals surface area contributed by atoms with E-state index in [1.165, 1.54) is 11.3 Å². The molecule has 1 heterocycles. The molecule has 27 heavy (non-hydrogen) atoms. The molecule has 2 aromatic carbocycles. The van der Waals surface area contributed by atoms with Crippen LogP contribution in [0.2, 0.25) is 0 Å². The van der Waals surface area contributed by atoms with Crippen molar-refractivity contribution in [1.82, 2.24) is 4.57 Å². The van der Waals surface area contributed by atoms with Crippen LogP contribution in [0.5, 0.6) is 17.2 Å². The molecule has 0 atom stereocenters. The van der Waals surface area contributed by atoms with E-state index in [2.05, 4.69) is 4.99 Å². The van der Waals surface area contributed by atoms with E-state index in [4.69, 9.17) is 14.2 Å². The molecule has 7 heteroatoms. The predicted molar refractivity (Wildman–Crippen MR) is 106 cm³/mol. The van der Waals surface area contributed by atoms with Crippen LogP contribution in [-0.4, -0.2) is 31.3 Å². The number of rotatable bonds is 7. The third-order valence-electron chi connectivity index (χ3n) is 4.06. The second kappa shape index (κ2) is 8.73. The van der Waals surface area contributed by atoms with E-state index in [1.807, 2.05) is 54.0 Å². The number of methoxy groups -OCH3 is 2. The Hall–Kier alpha value is -2.80. The second-order valence-corrected chi connectivity index (χ2v) is 6.67. The van der Waals surface area contributed by atoms with Gasteiger partial charge in [0.25, 0.3) is 5.91 Å². The minimum atomic E-state index is -0.224. The Morgan fingerprint density at radius 1 is 1.07 bits per heavy atom. The summed E-state index contributed by atoms with van der Waals surface area (Å²) in [4.78, 5) is 17.3. The number of benzene rings is 2. The molecule has 0 N–H and O–H groups in total. The summed E-state index contributed by atoms with van der Waals surface area (Å²) in [6.45, 7) is 2.96. The van der Waals surface area contributed by atoms with E-state index in [-0.39, 0.29) is 18.9 Å². The highest BCUT2D eigenvalue weighted by molar-refractivity contribution is 7.16. The number of nitrogens with zero attached hydrogens (tertiary/aromatic N) is 2. The summed E-state index contributed by atoms with van der Waals surface area (Å²) in [7, 11) is 3.25. The third kappa shape index (κ3) is 4.14. The van der Waals surface area contributed by atoms with Gasteiger partial charge in [-0.05, 0) is 31.2 Å². The molecule has 142 valence electrons. The lowest BCUT2D eigenvalue weighted by Crippen LogP contribution is -2.17. The van der Waals surface area contributed by atoms with Crippen LogP contribution in [0.25, 0.3) is 10.2 Å². The maximum Gasteiger partial charge on any atom is 0.251 e. The quantitative estimate of drug-likeness (QED) is 0.622. The van der Waals surface area contributed by atoms with Gasteiger partial charge < -0.3 is 18.8 Å². The van der Waals surface area contributed by atoms with Gasteiger partial charge in [0, 0.05) is 6.54 Å². The summed E-state index contributed by atoms with van der Waals surface area (Å²) in [5.74, 6) is 1.98. The van der Waals surface area contributed by atoms with E-state index < -0.39 is 0 Å². The van der Waals surface area contributed by atoms with Gasteiger partial charge in [-0.3, -0.25) is 4.79 Å². The number of carbonyl (C=O) groups excluding carboxylic acids is 1. The lowest BCUT2D eigenvalue weighted by atomic mass is 10.3. The van der Waals surface area contributed by atoms with Gasteiger partial charge in [-0.25, -0.2) is 0 Å². The first-order valence-electron chi connectivity index (χ1n) is 8.67. The summed E-state index contributed by atoms with van der Waals surface area (Å²) < 4.78 is 19.4. The maximum absolute atomic E-state index is 12.3. The summed E-state index contributed by atoms with van der Waals surface area (Å²) in [6, 6.07) is 13.1. The number of hydrogen-bond donors (Lipinski definition) is 0. The lowest BCUT2D eigenvalue weighted by Gasteiger charge is -2.08. The topological polar surface area (TPSA) is 62.1 Å². The van der Waals surface area contributed by atoms with Crippen molar-refractivity contribution in [2.24, 2.45) is 4.99 Å². The Bertz CT molecular complexity index is 992. The number of para-hydroxylation sites is 1. The molecule has 3 rings (SSSR count). The van der Waals surface area contributed by atoms with Crippen molar-refractivity contribution in [3.05, 3.63) is 47.3 Å². The van der Waals surface area contributed by atoms with Crippen LogP contribution in [0, 0.1) is 0 Å². The van der Waals surface area contributed by atoms with E-state index >= 15 is 0 Å². The molecular formula is C20H22N2O4S. The van der Waals surface area contributed by atoms with Crippen molar-refractivity contribution in [1.29, 1.82) is 0 Å². The van der Waals surface area contributed by atoms with Crippen LogP contribution in [-0.2, 0) is 11.3 Å². The summed E-state index contributed by atoms with van der Waals surface area (Å²) in [5, 5.41) is 0. The van der Waals surface area contributed by atoms with Gasteiger partial charge in [0.05, 0.1) is 27.2 Å². The van der Waals surface area contributed by atoms with E-state index in [9.17, 15) is 4.79 Å². The fourth-order valence-electron chi connectivity index (χ4n) is 2.77. The van der Waals surface area contributed by atoms with Gasteiger partial charge in [0.15, 0.2) is 4.80 Å². The van der Waals surface area contributed by atoms with Crippen molar-refractivity contribution >= 4 is 27.5 Å². The number of aryl methyl sites for hydroxylation is 1. The fraction of sp³-hybridized carbons (Fsp3) is 0.300. The molecule has 0 bridgehead atoms. The average molecular weight is 386 g/mol. The first kappa shape index (κ1) is 19.0. The zero-order chi connectivity index (χ0) is 19.2. The normalized spacial score (nSPS) is 11.6. The third-order valence-corrected chi connectivity index (χ3v) is 5.15. The van der Waals surface area contributed by atoms with E-state index in [1.54, 1.807) is 14.2 Å². The zero-order valence-electron chi connectivity index (χ0n) is 15.6. The number of amides is 1. The standard InChI is InChI=1S/C20H22N2O4S/c1-4-22-18-15(24-2)10-11-16(25-3)19(18)27-20(22)21-17(23)12-13-26-14-8-6-5-7-9-14/h5-11H,4,12-13H2,1-3H3. The second-order valence-electron chi connectivity index (χ2n) is 5.69. The Labute approximate surface area is 161 Å². The minimum Gasteiger partial charge on any atom is -0.495 e. The van der Waals surface area contributed by atoms with Crippen molar-refractivity contribution in [3.8, 4) is 17.2 Å². The highest BCUT2D eigenvalue weighted by atomic mass is 32.1. The van der Waals surface area contributed by atoms with Gasteiger partial charge in [-0.2, -0.15) is 4.99 Å². The monoisotopic (exact) mass is 386 g/mol. The maximum atomic E-state index is 12.3. The molecule has 1 amide bonds. The van der Waals surface area contributed by atoms with E-state index in [0.717, 1.165) is 27.5 Å². The molecule has 0 saturated heterocycles. The van der Waals surface area contributed by atoms with Gasteiger partial charge in [0.1, 0.15) is 27.5 Å². The highest BCUT2D eigenvalue weighted by Gasteiger charge is 2.15. The molecule has 6 nitrogen and oxygen atoms in total. The van der Waals surface area contributed by atoms with Gasteiger partial charge in [-0.15, -0.1) is 0 Å². The van der Waals surface area contributed by atoms with Crippen molar-refractivity contribution < 1.29 is 19.0 Å². The molecule has 0 saturated carbocycles. The number of thiazole rings is 1. The minimum absolute atomic E-state index is 0.209. The Kier molecular flexibility index (Phi) is 6.13. The summed E-state index contributed by atoms with van der Waals surface area (Å²) in [5.41, 5.74) is 0.886. The van der Waals surface area contributed by atoms with E-state index in [0.29, 0.717) is 11.3 Å². The molecule has 0 fully saturated rings. The smallest absolute Gasteiger partial charge is 0.251 e. The van der Waals surface area contributed by atoms with Crippen molar-refractivity contribution in [3.63, 3.8) is 0 Å². The van der Waals surface area contributed by atoms with Crippen LogP contribution < -0.4 is 19.0 Å². The average Bonchev–Trinajstić information content (AvgIpc) is 3.06. The number of carbonyl (C=O) groups is 1. The molecule has 0 radical (unpaired) electrons. The van der Waals surface area contributed by atoms with Gasteiger partial charge in [0.2, 0.25) is 0 Å². The largest absolute Gasteiger partial charge is 0.495 e. The van der Waals surface area contributed by atoms with Crippen LogP contribution >= 0.6 is 11.3 Å². The van der Waals surface area contributed by atoms with Gasteiger partial charge in [-0.1, -0.05) is 29.5 Å². The molecule has 0 aliphatic heterocycles. The summed E-state index contributed by atoms with van der Waals surface area (Å²) in [6.07, 6.45) is 0.209. The fourth-order valence-corrected chi connectivity index (χ4v) is 3.99. The van der Waals surface area contributed by atoms with Crippen molar-refractivity contribution in [2.75, 3.05) is 20.8 Å². The predicted octanol–water partition coefficient (Wildman–Crippen LogP) is 3.64. The number of ether oxygens (including phenoxy) is 3. The first-order valence-corrected chi connectivity index (χ1v) is 9.49. The van der Waals surface area contributed by atoms with Crippen molar-refractivity contribution in [2.45, 2.75) is 19.9 Å². The number of fused-ring (bicyclic) bond motifs is 1. The SMILES string of the molecule is CCn1c(=NC(=O)CCOc2ccccc2)sc2c(OC)ccc(OC)c21. The van der Waals surface area contributed by atoms with Crippen LogP contribution in [0.15, 0.2) is 47.5 Å². The molecule has 0 unspecified atom stereocenters. The Morgan fingerprint density at radius 3 is 2.44 bits per heavy atom. The molecular weight excluding hydrogens is 364 g/mol. The molecule has 1 aromatic heterocycles.